The van der Waals surface area contributed by atoms with Crippen LogP contribution in [0.2, 0.25) is 0 Å². The van der Waals surface area contributed by atoms with E-state index >= 15 is 0 Å². The Balaban J connectivity index is 3.11. The molecule has 0 aliphatic rings. The summed E-state index contributed by atoms with van der Waals surface area (Å²) < 4.78 is 0. The van der Waals surface area contributed by atoms with E-state index in [0.717, 1.165) is 0 Å². The molecule has 0 amide bonds. The Morgan fingerprint density at radius 3 is 2.70 bits per heavy atom. The van der Waals surface area contributed by atoms with Crippen molar-refractivity contribution in [2.24, 2.45) is 0 Å². The van der Waals surface area contributed by atoms with Gasteiger partial charge in [0.15, 0.2) is 0 Å². The van der Waals surface area contributed by atoms with E-state index in [1.54, 1.807) is 6.92 Å². The molecule has 60 valence electrons. The van der Waals surface area contributed by atoms with Gasteiger partial charge in [-0.05, 0) is 13.8 Å². The second kappa shape index (κ2) is 5.38. The Hall–Kier alpha value is -0.410. The van der Waals surface area contributed by atoms with Gasteiger partial charge in [0.2, 0.25) is 0 Å². The number of carbonyl (C=O) groups excluding carboxylic acids is 1. The third-order valence-electron chi connectivity index (χ3n) is 1.24. The van der Waals surface area contributed by atoms with Gasteiger partial charge in [-0.15, -0.1) is 0 Å². The van der Waals surface area contributed by atoms with Crippen molar-refractivity contribution in [2.75, 3.05) is 13.2 Å². The SMILES string of the molecule is CC(=O)CCNC(C)CO. The number of aliphatic hydroxyl groups excluding tert-OH is 1. The van der Waals surface area contributed by atoms with Gasteiger partial charge in [-0.2, -0.15) is 0 Å². The lowest BCUT2D eigenvalue weighted by atomic mass is 10.3. The van der Waals surface area contributed by atoms with Gasteiger partial charge in [-0.3, -0.25) is 4.79 Å². The highest BCUT2D eigenvalue weighted by atomic mass is 16.3. The molecule has 0 aromatic heterocycles. The molecule has 3 heteroatoms. The van der Waals surface area contributed by atoms with E-state index in [4.69, 9.17) is 5.11 Å². The Morgan fingerprint density at radius 1 is 1.70 bits per heavy atom. The van der Waals surface area contributed by atoms with E-state index in [-0.39, 0.29) is 18.4 Å². The molecule has 0 heterocycles. The molecule has 0 aliphatic heterocycles. The maximum absolute atomic E-state index is 10.4. The largest absolute Gasteiger partial charge is 0.395 e. The van der Waals surface area contributed by atoms with E-state index in [9.17, 15) is 4.79 Å². The van der Waals surface area contributed by atoms with Crippen LogP contribution in [0.3, 0.4) is 0 Å². The van der Waals surface area contributed by atoms with Crippen LogP contribution < -0.4 is 5.32 Å². The van der Waals surface area contributed by atoms with Crippen LogP contribution in [0.1, 0.15) is 20.3 Å². The van der Waals surface area contributed by atoms with Crippen molar-refractivity contribution in [3.05, 3.63) is 0 Å². The smallest absolute Gasteiger partial charge is 0.131 e. The summed E-state index contributed by atoms with van der Waals surface area (Å²) in [7, 11) is 0. The molecule has 1 atom stereocenters. The molecule has 0 rings (SSSR count). The van der Waals surface area contributed by atoms with Crippen molar-refractivity contribution in [1.29, 1.82) is 0 Å². The van der Waals surface area contributed by atoms with Crippen LogP contribution in [0.5, 0.6) is 0 Å². The van der Waals surface area contributed by atoms with Gasteiger partial charge < -0.3 is 10.4 Å². The minimum Gasteiger partial charge on any atom is -0.395 e. The van der Waals surface area contributed by atoms with Gasteiger partial charge in [-0.1, -0.05) is 0 Å². The average molecular weight is 145 g/mol. The molecule has 0 fully saturated rings. The monoisotopic (exact) mass is 145 g/mol. The van der Waals surface area contributed by atoms with Crippen LogP contribution in [0.25, 0.3) is 0 Å². The summed E-state index contributed by atoms with van der Waals surface area (Å²) in [4.78, 5) is 10.4. The first-order chi connectivity index (χ1) is 4.66. The fourth-order valence-corrected chi connectivity index (χ4v) is 0.559. The van der Waals surface area contributed by atoms with Crippen LogP contribution in [-0.2, 0) is 4.79 Å². The van der Waals surface area contributed by atoms with E-state index in [1.165, 1.54) is 0 Å². The van der Waals surface area contributed by atoms with Gasteiger partial charge in [0.25, 0.3) is 0 Å². The van der Waals surface area contributed by atoms with Crippen molar-refractivity contribution in [2.45, 2.75) is 26.3 Å². The molecule has 10 heavy (non-hydrogen) atoms. The molecule has 1 unspecified atom stereocenters. The maximum Gasteiger partial charge on any atom is 0.131 e. The Labute approximate surface area is 61.4 Å². The highest BCUT2D eigenvalue weighted by Crippen LogP contribution is 1.81. The number of hydrogen-bond acceptors (Lipinski definition) is 3. The quantitative estimate of drug-likeness (QED) is 0.569. The molecule has 0 radical (unpaired) electrons. The van der Waals surface area contributed by atoms with Gasteiger partial charge in [-0.25, -0.2) is 0 Å². The van der Waals surface area contributed by atoms with E-state index in [1.807, 2.05) is 6.92 Å². The van der Waals surface area contributed by atoms with Gasteiger partial charge in [0.1, 0.15) is 5.78 Å². The number of hydrogen-bond donors (Lipinski definition) is 2. The number of aliphatic hydroxyl groups is 1. The molecule has 3 nitrogen and oxygen atoms in total. The van der Waals surface area contributed by atoms with Gasteiger partial charge in [0, 0.05) is 19.0 Å². The number of ketones is 1. The zero-order valence-corrected chi connectivity index (χ0v) is 6.55. The van der Waals surface area contributed by atoms with Crippen LogP contribution in [0.15, 0.2) is 0 Å². The normalized spacial score (nSPS) is 13.1. The summed E-state index contributed by atoms with van der Waals surface area (Å²) in [5.74, 6) is 0.178. The van der Waals surface area contributed by atoms with Crippen LogP contribution in [-0.4, -0.2) is 30.1 Å². The lowest BCUT2D eigenvalue weighted by molar-refractivity contribution is -0.116. The highest BCUT2D eigenvalue weighted by Gasteiger charge is 1.97. The first kappa shape index (κ1) is 9.59. The zero-order valence-electron chi connectivity index (χ0n) is 6.55. The summed E-state index contributed by atoms with van der Waals surface area (Å²) in [5, 5.41) is 11.5. The van der Waals surface area contributed by atoms with E-state index in [2.05, 4.69) is 5.32 Å². The summed E-state index contributed by atoms with van der Waals surface area (Å²) in [6.07, 6.45) is 0.546. The lowest BCUT2D eigenvalue weighted by Gasteiger charge is -2.08. The summed E-state index contributed by atoms with van der Waals surface area (Å²) in [6.45, 7) is 4.22. The molecule has 0 spiro atoms. The van der Waals surface area contributed by atoms with Crippen molar-refractivity contribution in [3.8, 4) is 0 Å². The van der Waals surface area contributed by atoms with Crippen molar-refractivity contribution in [1.82, 2.24) is 5.32 Å². The first-order valence-corrected chi connectivity index (χ1v) is 3.50. The van der Waals surface area contributed by atoms with Crippen LogP contribution in [0.4, 0.5) is 0 Å². The number of Topliss-reactive ketones (excluding diaryl/α,β-unsaturated/α-hetero) is 1. The second-order valence-electron chi connectivity index (χ2n) is 2.49. The highest BCUT2D eigenvalue weighted by molar-refractivity contribution is 5.75. The third-order valence-corrected chi connectivity index (χ3v) is 1.24. The van der Waals surface area contributed by atoms with Crippen molar-refractivity contribution in [3.63, 3.8) is 0 Å². The van der Waals surface area contributed by atoms with E-state index in [0.29, 0.717) is 13.0 Å². The topological polar surface area (TPSA) is 49.3 Å². The molecule has 0 aromatic carbocycles. The molecule has 0 aliphatic carbocycles. The predicted molar refractivity (Wildman–Crippen MR) is 39.8 cm³/mol. The van der Waals surface area contributed by atoms with Crippen molar-refractivity contribution >= 4 is 5.78 Å². The Morgan fingerprint density at radius 2 is 2.30 bits per heavy atom. The first-order valence-electron chi connectivity index (χ1n) is 3.50. The zero-order chi connectivity index (χ0) is 7.98. The minimum atomic E-state index is 0.0966. The molecule has 0 saturated heterocycles. The van der Waals surface area contributed by atoms with Gasteiger partial charge >= 0.3 is 0 Å². The minimum absolute atomic E-state index is 0.0966. The number of nitrogens with one attached hydrogen (secondary N) is 1. The fraction of sp³-hybridized carbons (Fsp3) is 0.857. The lowest BCUT2D eigenvalue weighted by Crippen LogP contribution is -2.30. The number of carbonyl (C=O) groups is 1. The predicted octanol–water partition coefficient (Wildman–Crippen LogP) is -0.0641. The summed E-state index contributed by atoms with van der Waals surface area (Å²) >= 11 is 0. The fourth-order valence-electron chi connectivity index (χ4n) is 0.559. The molecule has 2 N–H and O–H groups in total. The van der Waals surface area contributed by atoms with E-state index < -0.39 is 0 Å². The molecule has 0 bridgehead atoms. The Bertz CT molecular complexity index is 104. The van der Waals surface area contributed by atoms with Gasteiger partial charge in [0.05, 0.1) is 6.61 Å². The molecular formula is C7H15NO2. The summed E-state index contributed by atoms with van der Waals surface area (Å²) in [5.41, 5.74) is 0. The number of rotatable bonds is 5. The Kier molecular flexibility index (Phi) is 5.16. The van der Waals surface area contributed by atoms with Crippen LogP contribution in [0, 0.1) is 0 Å². The van der Waals surface area contributed by atoms with Crippen LogP contribution >= 0.6 is 0 Å². The van der Waals surface area contributed by atoms with Crippen molar-refractivity contribution < 1.29 is 9.90 Å². The third kappa shape index (κ3) is 5.72. The maximum atomic E-state index is 10.4. The average Bonchev–Trinajstić information content (AvgIpc) is 1.87. The molecule has 0 saturated carbocycles. The molecule has 0 aromatic rings. The molecular weight excluding hydrogens is 130 g/mol. The summed E-state index contributed by atoms with van der Waals surface area (Å²) in [6, 6.07) is 0.0966. The second-order valence-corrected chi connectivity index (χ2v) is 2.49. The standard InChI is InChI=1S/C7H15NO2/c1-6(5-9)8-4-3-7(2)10/h6,8-9H,3-5H2,1-2H3.